The zero-order valence-electron chi connectivity index (χ0n) is 9.11. The van der Waals surface area contributed by atoms with Crippen LogP contribution in [0.25, 0.3) is 6.08 Å². The highest BCUT2D eigenvalue weighted by molar-refractivity contribution is 5.91. The molecule has 0 aromatic heterocycles. The Morgan fingerprint density at radius 1 is 1.39 bits per heavy atom. The van der Waals surface area contributed by atoms with Gasteiger partial charge in [0, 0.05) is 12.1 Å². The Labute approximate surface area is 102 Å². The molecule has 0 saturated heterocycles. The van der Waals surface area contributed by atoms with Gasteiger partial charge in [-0.05, 0) is 23.8 Å². The van der Waals surface area contributed by atoms with E-state index in [4.69, 9.17) is 10.4 Å². The summed E-state index contributed by atoms with van der Waals surface area (Å²) in [4.78, 5) is 20.4. The Bertz CT molecular complexity index is 565. The zero-order valence-corrected chi connectivity index (χ0v) is 9.11. The maximum atomic E-state index is 10.5. The van der Waals surface area contributed by atoms with Gasteiger partial charge in [-0.25, -0.2) is 4.79 Å². The fourth-order valence-corrected chi connectivity index (χ4v) is 1.12. The molecule has 1 N–H and O–H groups in total. The third-order valence-corrected chi connectivity index (χ3v) is 2.01. The fraction of sp³-hybridized carbons (Fsp3) is 0. The molecule has 1 rings (SSSR count). The maximum absolute atomic E-state index is 10.5. The number of rotatable bonds is 4. The lowest BCUT2D eigenvalue weighted by molar-refractivity contribution is -0.384. The van der Waals surface area contributed by atoms with Crippen molar-refractivity contribution in [3.63, 3.8) is 0 Å². The molecule has 0 saturated carbocycles. The van der Waals surface area contributed by atoms with E-state index in [1.54, 1.807) is 6.08 Å². The minimum atomic E-state index is -1.30. The number of hydrogen-bond donors (Lipinski definition) is 1. The summed E-state index contributed by atoms with van der Waals surface area (Å²) in [5.74, 6) is -1.30. The van der Waals surface area contributed by atoms with Crippen LogP contribution in [0.4, 0.5) is 5.69 Å². The van der Waals surface area contributed by atoms with Crippen LogP contribution in [0.15, 0.2) is 42.0 Å². The molecule has 0 aliphatic carbocycles. The molecule has 18 heavy (non-hydrogen) atoms. The van der Waals surface area contributed by atoms with Crippen LogP contribution in [0, 0.1) is 21.4 Å². The highest BCUT2D eigenvalue weighted by Crippen LogP contribution is 2.12. The van der Waals surface area contributed by atoms with Gasteiger partial charge >= 0.3 is 5.97 Å². The Balaban J connectivity index is 2.83. The van der Waals surface area contributed by atoms with Crippen molar-refractivity contribution in [1.82, 2.24) is 0 Å². The van der Waals surface area contributed by atoms with E-state index < -0.39 is 10.9 Å². The van der Waals surface area contributed by atoms with Gasteiger partial charge in [0.1, 0.15) is 11.6 Å². The molecule has 1 aromatic carbocycles. The Hall–Kier alpha value is -2.94. The summed E-state index contributed by atoms with van der Waals surface area (Å²) in [6.45, 7) is 0. The lowest BCUT2D eigenvalue weighted by Crippen LogP contribution is -1.96. The van der Waals surface area contributed by atoms with Gasteiger partial charge < -0.3 is 5.11 Å². The highest BCUT2D eigenvalue weighted by atomic mass is 16.6. The molecule has 90 valence electrons. The molecule has 0 bridgehead atoms. The maximum Gasteiger partial charge on any atom is 0.346 e. The second-order valence-corrected chi connectivity index (χ2v) is 3.21. The van der Waals surface area contributed by atoms with Gasteiger partial charge in [0.25, 0.3) is 5.69 Å². The van der Waals surface area contributed by atoms with Crippen molar-refractivity contribution in [2.24, 2.45) is 0 Å². The van der Waals surface area contributed by atoms with Crippen LogP contribution in [-0.4, -0.2) is 16.0 Å². The summed E-state index contributed by atoms with van der Waals surface area (Å²) in [5.41, 5.74) is 0.263. The van der Waals surface area contributed by atoms with Gasteiger partial charge in [0.15, 0.2) is 0 Å². The van der Waals surface area contributed by atoms with Crippen molar-refractivity contribution >= 4 is 17.7 Å². The van der Waals surface area contributed by atoms with E-state index in [0.29, 0.717) is 5.56 Å². The van der Waals surface area contributed by atoms with E-state index in [-0.39, 0.29) is 11.3 Å². The van der Waals surface area contributed by atoms with Gasteiger partial charge in [-0.2, -0.15) is 5.26 Å². The van der Waals surface area contributed by atoms with Crippen LogP contribution in [0.2, 0.25) is 0 Å². The van der Waals surface area contributed by atoms with Crippen molar-refractivity contribution in [3.05, 3.63) is 57.7 Å². The van der Waals surface area contributed by atoms with Crippen LogP contribution >= 0.6 is 0 Å². The fourth-order valence-electron chi connectivity index (χ4n) is 1.12. The van der Waals surface area contributed by atoms with E-state index in [1.165, 1.54) is 36.4 Å². The first-order valence-electron chi connectivity index (χ1n) is 4.81. The monoisotopic (exact) mass is 244 g/mol. The lowest BCUT2D eigenvalue weighted by Gasteiger charge is -1.92. The molecule has 6 nitrogen and oxygen atoms in total. The number of hydrogen-bond acceptors (Lipinski definition) is 4. The number of nitriles is 1. The molecule has 0 heterocycles. The van der Waals surface area contributed by atoms with Gasteiger partial charge in [0.05, 0.1) is 4.92 Å². The molecule has 0 atom stereocenters. The third-order valence-electron chi connectivity index (χ3n) is 2.01. The minimum Gasteiger partial charge on any atom is -0.477 e. The Morgan fingerprint density at radius 3 is 2.44 bits per heavy atom. The van der Waals surface area contributed by atoms with Crippen LogP contribution in [0.3, 0.4) is 0 Å². The number of nitro benzene ring substituents is 1. The number of nitro groups is 1. The van der Waals surface area contributed by atoms with E-state index in [1.807, 2.05) is 0 Å². The summed E-state index contributed by atoms with van der Waals surface area (Å²) in [6.07, 6.45) is 4.10. The first-order chi connectivity index (χ1) is 8.54. The number of carbonyl (C=O) groups is 1. The Kier molecular flexibility index (Phi) is 4.35. The molecule has 0 aliphatic rings. The lowest BCUT2D eigenvalue weighted by atomic mass is 10.2. The number of carboxylic acids is 1. The van der Waals surface area contributed by atoms with Crippen LogP contribution in [-0.2, 0) is 4.79 Å². The zero-order chi connectivity index (χ0) is 13.5. The van der Waals surface area contributed by atoms with Crippen LogP contribution in [0.1, 0.15) is 5.56 Å². The average molecular weight is 244 g/mol. The molecule has 0 radical (unpaired) electrons. The van der Waals surface area contributed by atoms with E-state index >= 15 is 0 Å². The van der Waals surface area contributed by atoms with Crippen molar-refractivity contribution in [2.75, 3.05) is 0 Å². The van der Waals surface area contributed by atoms with E-state index in [2.05, 4.69) is 0 Å². The minimum absolute atomic E-state index is 0.0223. The van der Waals surface area contributed by atoms with Crippen molar-refractivity contribution < 1.29 is 14.8 Å². The van der Waals surface area contributed by atoms with E-state index in [9.17, 15) is 14.9 Å². The van der Waals surface area contributed by atoms with E-state index in [0.717, 1.165) is 6.08 Å². The number of allylic oxidation sites excluding steroid dienone is 2. The molecule has 0 aliphatic heterocycles. The SMILES string of the molecule is N#C/C(=C\C=C\c1ccc([N+](=O)[O-])cc1)C(=O)O. The number of benzene rings is 1. The smallest absolute Gasteiger partial charge is 0.346 e. The second-order valence-electron chi connectivity index (χ2n) is 3.21. The standard InChI is InChI=1S/C12H8N2O4/c13-8-10(12(15)16)3-1-2-9-4-6-11(7-5-9)14(17)18/h1-7H,(H,15,16)/b2-1+,10-3+. The summed E-state index contributed by atoms with van der Waals surface area (Å²) in [7, 11) is 0. The predicted molar refractivity (Wildman–Crippen MR) is 63.5 cm³/mol. The number of non-ortho nitro benzene ring substituents is 1. The van der Waals surface area contributed by atoms with Gasteiger partial charge in [-0.15, -0.1) is 0 Å². The molecular weight excluding hydrogens is 236 g/mol. The van der Waals surface area contributed by atoms with Gasteiger partial charge in [0.2, 0.25) is 0 Å². The molecular formula is C12H8N2O4. The molecule has 0 spiro atoms. The normalized spacial score (nSPS) is 11.2. The number of aliphatic carboxylic acids is 1. The highest BCUT2D eigenvalue weighted by Gasteiger charge is 2.03. The summed E-state index contributed by atoms with van der Waals surface area (Å²) < 4.78 is 0. The molecule has 0 amide bonds. The molecule has 1 aromatic rings. The molecule has 0 fully saturated rings. The quantitative estimate of drug-likeness (QED) is 0.287. The van der Waals surface area contributed by atoms with Crippen LogP contribution in [0.5, 0.6) is 0 Å². The van der Waals surface area contributed by atoms with Crippen molar-refractivity contribution in [3.8, 4) is 6.07 Å². The largest absolute Gasteiger partial charge is 0.477 e. The molecule has 0 unspecified atom stereocenters. The summed E-state index contributed by atoms with van der Waals surface area (Å²) in [5, 5.41) is 27.5. The predicted octanol–water partition coefficient (Wildman–Crippen LogP) is 2.14. The Morgan fingerprint density at radius 2 is 2.00 bits per heavy atom. The van der Waals surface area contributed by atoms with Gasteiger partial charge in [-0.3, -0.25) is 10.1 Å². The number of nitrogens with zero attached hydrogens (tertiary/aromatic N) is 2. The summed E-state index contributed by atoms with van der Waals surface area (Å²) >= 11 is 0. The van der Waals surface area contributed by atoms with Crippen molar-refractivity contribution in [1.29, 1.82) is 5.26 Å². The number of carboxylic acid groups (broad SMARTS) is 1. The first kappa shape index (κ1) is 13.1. The van der Waals surface area contributed by atoms with Crippen LogP contribution < -0.4 is 0 Å². The topological polar surface area (TPSA) is 104 Å². The summed E-state index contributed by atoms with van der Waals surface area (Å²) in [6, 6.07) is 7.26. The van der Waals surface area contributed by atoms with Gasteiger partial charge in [-0.1, -0.05) is 12.2 Å². The first-order valence-corrected chi connectivity index (χ1v) is 4.81. The third kappa shape index (κ3) is 3.57. The average Bonchev–Trinajstić information content (AvgIpc) is 2.34. The van der Waals surface area contributed by atoms with Crippen molar-refractivity contribution in [2.45, 2.75) is 0 Å². The molecule has 6 heteroatoms. The second kappa shape index (κ2) is 5.96.